The van der Waals surface area contributed by atoms with Crippen LogP contribution in [0.4, 0.5) is 4.39 Å². The average molecular weight is 275 g/mol. The minimum Gasteiger partial charge on any atom is -0.384 e. The number of imide groups is 1. The molecule has 1 aromatic carbocycles. The van der Waals surface area contributed by atoms with E-state index in [0.29, 0.717) is 5.56 Å². The van der Waals surface area contributed by atoms with E-state index in [-0.39, 0.29) is 42.9 Å². The van der Waals surface area contributed by atoms with Crippen molar-refractivity contribution in [2.45, 2.75) is 19.9 Å². The monoisotopic (exact) mass is 275 g/mol. The molecule has 2 rings (SSSR count). The summed E-state index contributed by atoms with van der Waals surface area (Å²) >= 11 is 0. The number of hydrogen-bond acceptors (Lipinski definition) is 3. The third-order valence-electron chi connectivity index (χ3n) is 3.16. The van der Waals surface area contributed by atoms with Gasteiger partial charge in [-0.3, -0.25) is 14.5 Å². The Kier molecular flexibility index (Phi) is 4.16. The molecule has 1 atom stereocenters. The van der Waals surface area contributed by atoms with Crippen LogP contribution in [-0.4, -0.2) is 28.4 Å². The number of aliphatic hydroxyl groups is 1. The van der Waals surface area contributed by atoms with Crippen molar-refractivity contribution in [2.75, 3.05) is 6.61 Å². The Bertz CT molecular complexity index is 615. The van der Waals surface area contributed by atoms with E-state index < -0.39 is 5.82 Å². The number of amides is 2. The molecule has 1 unspecified atom stereocenters. The standard InChI is InChI=1S/C15H14FNO3/c1-10-7-14(19)17(15(10)20)9-12-8-11(3-2-6-18)4-5-13(12)16/h4-5,8,10,18H,6-7,9H2,1H3. The number of hydrogen-bond donors (Lipinski definition) is 1. The van der Waals surface area contributed by atoms with Gasteiger partial charge in [0.05, 0.1) is 6.54 Å². The van der Waals surface area contributed by atoms with Crippen molar-refractivity contribution in [1.82, 2.24) is 4.90 Å². The van der Waals surface area contributed by atoms with E-state index in [2.05, 4.69) is 11.8 Å². The van der Waals surface area contributed by atoms with E-state index in [1.165, 1.54) is 18.2 Å². The molecule has 4 nitrogen and oxygen atoms in total. The van der Waals surface area contributed by atoms with Gasteiger partial charge in [0.1, 0.15) is 12.4 Å². The van der Waals surface area contributed by atoms with Crippen molar-refractivity contribution in [3.05, 3.63) is 35.1 Å². The molecule has 104 valence electrons. The van der Waals surface area contributed by atoms with E-state index in [4.69, 9.17) is 5.11 Å². The smallest absolute Gasteiger partial charge is 0.232 e. The maximum atomic E-state index is 13.7. The average Bonchev–Trinajstić information content (AvgIpc) is 2.66. The lowest BCUT2D eigenvalue weighted by atomic mass is 10.1. The van der Waals surface area contributed by atoms with Crippen LogP contribution in [0.5, 0.6) is 0 Å². The predicted molar refractivity (Wildman–Crippen MR) is 69.7 cm³/mol. The maximum absolute atomic E-state index is 13.7. The number of aliphatic hydroxyl groups excluding tert-OH is 1. The first-order chi connectivity index (χ1) is 9.52. The summed E-state index contributed by atoms with van der Waals surface area (Å²) in [7, 11) is 0. The summed E-state index contributed by atoms with van der Waals surface area (Å²) in [5.74, 6) is 3.74. The van der Waals surface area contributed by atoms with Gasteiger partial charge in [-0.2, -0.15) is 0 Å². The number of likely N-dealkylation sites (tertiary alicyclic amines) is 1. The second kappa shape index (κ2) is 5.85. The quantitative estimate of drug-likeness (QED) is 0.648. The highest BCUT2D eigenvalue weighted by Crippen LogP contribution is 2.22. The largest absolute Gasteiger partial charge is 0.384 e. The van der Waals surface area contributed by atoms with Crippen LogP contribution in [0.2, 0.25) is 0 Å². The number of carbonyl (C=O) groups is 2. The summed E-state index contributed by atoms with van der Waals surface area (Å²) in [6.07, 6.45) is 0.171. The fraction of sp³-hybridized carbons (Fsp3) is 0.333. The molecule has 0 bridgehead atoms. The van der Waals surface area contributed by atoms with E-state index >= 15 is 0 Å². The first-order valence-electron chi connectivity index (χ1n) is 6.25. The molecule has 5 heteroatoms. The van der Waals surface area contributed by atoms with Gasteiger partial charge in [-0.1, -0.05) is 18.8 Å². The predicted octanol–water partition coefficient (Wildman–Crippen LogP) is 1.06. The topological polar surface area (TPSA) is 57.6 Å². The number of benzene rings is 1. The number of nitrogens with zero attached hydrogens (tertiary/aromatic N) is 1. The lowest BCUT2D eigenvalue weighted by Gasteiger charge is -2.15. The van der Waals surface area contributed by atoms with Crippen LogP contribution >= 0.6 is 0 Å². The highest BCUT2D eigenvalue weighted by molar-refractivity contribution is 6.03. The summed E-state index contributed by atoms with van der Waals surface area (Å²) < 4.78 is 13.7. The fourth-order valence-electron chi connectivity index (χ4n) is 2.10. The molecule has 0 spiro atoms. The van der Waals surface area contributed by atoms with Crippen molar-refractivity contribution in [3.8, 4) is 11.8 Å². The molecule has 0 radical (unpaired) electrons. The first-order valence-corrected chi connectivity index (χ1v) is 6.25. The normalized spacial score (nSPS) is 18.1. The van der Waals surface area contributed by atoms with Gasteiger partial charge in [0, 0.05) is 23.5 Å². The van der Waals surface area contributed by atoms with E-state index in [1.54, 1.807) is 6.92 Å². The van der Waals surface area contributed by atoms with Gasteiger partial charge < -0.3 is 5.11 Å². The minimum absolute atomic E-state index is 0.0809. The molecule has 20 heavy (non-hydrogen) atoms. The Morgan fingerprint density at radius 2 is 2.20 bits per heavy atom. The molecule has 0 aromatic heterocycles. The molecule has 1 aliphatic rings. The summed E-state index contributed by atoms with van der Waals surface area (Å²) in [6, 6.07) is 4.21. The van der Waals surface area contributed by atoms with Crippen molar-refractivity contribution in [2.24, 2.45) is 5.92 Å². The Morgan fingerprint density at radius 3 is 2.80 bits per heavy atom. The van der Waals surface area contributed by atoms with E-state index in [1.807, 2.05) is 0 Å². The van der Waals surface area contributed by atoms with E-state index in [9.17, 15) is 14.0 Å². The zero-order valence-corrected chi connectivity index (χ0v) is 11.0. The molecule has 0 aliphatic carbocycles. The maximum Gasteiger partial charge on any atom is 0.232 e. The van der Waals surface area contributed by atoms with E-state index in [0.717, 1.165) is 4.90 Å². The summed E-state index contributed by atoms with van der Waals surface area (Å²) in [4.78, 5) is 24.6. The van der Waals surface area contributed by atoms with Crippen molar-refractivity contribution in [3.63, 3.8) is 0 Å². The van der Waals surface area contributed by atoms with Crippen LogP contribution in [-0.2, 0) is 16.1 Å². The Morgan fingerprint density at radius 1 is 1.45 bits per heavy atom. The van der Waals surface area contributed by atoms with Crippen LogP contribution in [0.25, 0.3) is 0 Å². The third kappa shape index (κ3) is 2.86. The molecule has 1 aliphatic heterocycles. The summed E-state index contributed by atoms with van der Waals surface area (Å²) in [5, 5.41) is 8.63. The lowest BCUT2D eigenvalue weighted by Crippen LogP contribution is -2.30. The molecular formula is C15H14FNO3. The Labute approximate surface area is 116 Å². The van der Waals surface area contributed by atoms with Crippen LogP contribution in [0.3, 0.4) is 0 Å². The summed E-state index contributed by atoms with van der Waals surface area (Å²) in [6.45, 7) is 1.32. The third-order valence-corrected chi connectivity index (χ3v) is 3.16. The molecule has 1 saturated heterocycles. The van der Waals surface area contributed by atoms with Crippen LogP contribution in [0, 0.1) is 23.6 Å². The Balaban J connectivity index is 2.25. The SMILES string of the molecule is CC1CC(=O)N(Cc2cc(C#CCO)ccc2F)C1=O. The molecule has 1 N–H and O–H groups in total. The van der Waals surface area contributed by atoms with Crippen molar-refractivity contribution in [1.29, 1.82) is 0 Å². The molecule has 1 aromatic rings. The highest BCUT2D eigenvalue weighted by Gasteiger charge is 2.35. The van der Waals surface area contributed by atoms with Gasteiger partial charge in [0.2, 0.25) is 11.8 Å². The lowest BCUT2D eigenvalue weighted by molar-refractivity contribution is -0.139. The highest BCUT2D eigenvalue weighted by atomic mass is 19.1. The van der Waals surface area contributed by atoms with Crippen molar-refractivity contribution >= 4 is 11.8 Å². The molecule has 2 amide bonds. The molecule has 1 fully saturated rings. The van der Waals surface area contributed by atoms with Gasteiger partial charge in [-0.25, -0.2) is 4.39 Å². The zero-order valence-electron chi connectivity index (χ0n) is 11.0. The number of rotatable bonds is 2. The van der Waals surface area contributed by atoms with Gasteiger partial charge in [-0.15, -0.1) is 0 Å². The summed E-state index contributed by atoms with van der Waals surface area (Å²) in [5.41, 5.74) is 0.771. The minimum atomic E-state index is -0.486. The van der Waals surface area contributed by atoms with Crippen LogP contribution in [0.1, 0.15) is 24.5 Å². The van der Waals surface area contributed by atoms with Crippen molar-refractivity contribution < 1.29 is 19.1 Å². The fourth-order valence-corrected chi connectivity index (χ4v) is 2.10. The second-order valence-electron chi connectivity index (χ2n) is 4.69. The van der Waals surface area contributed by atoms with Gasteiger partial charge in [0.15, 0.2) is 0 Å². The first kappa shape index (κ1) is 14.2. The number of halogens is 1. The molecular weight excluding hydrogens is 261 g/mol. The van der Waals surface area contributed by atoms with Crippen LogP contribution < -0.4 is 0 Å². The van der Waals surface area contributed by atoms with Gasteiger partial charge in [-0.05, 0) is 18.2 Å². The second-order valence-corrected chi connectivity index (χ2v) is 4.69. The Hall–Kier alpha value is -2.19. The number of carbonyl (C=O) groups excluding carboxylic acids is 2. The zero-order chi connectivity index (χ0) is 14.7. The van der Waals surface area contributed by atoms with Crippen LogP contribution in [0.15, 0.2) is 18.2 Å². The van der Waals surface area contributed by atoms with Gasteiger partial charge in [0.25, 0.3) is 0 Å². The molecule has 1 heterocycles. The van der Waals surface area contributed by atoms with Gasteiger partial charge >= 0.3 is 0 Å². The molecule has 0 saturated carbocycles.